The average molecular weight is 548 g/mol. The molecule has 3 aromatic rings. The first kappa shape index (κ1) is 27.5. The Kier molecular flexibility index (Phi) is 7.61. The molecule has 2 aliphatic heterocycles. The number of phenolic OH excluding ortho intramolecular Hbond substituents is 2. The monoisotopic (exact) mass is 548 g/mol. The van der Waals surface area contributed by atoms with Crippen LogP contribution in [-0.4, -0.2) is 103 Å². The molecule has 5 rings (SSSR count). The van der Waals surface area contributed by atoms with Crippen molar-refractivity contribution < 1.29 is 59.5 Å². The van der Waals surface area contributed by atoms with Gasteiger partial charge in [-0.2, -0.15) is 0 Å². The number of rotatable bonds is 5. The van der Waals surface area contributed by atoms with E-state index in [-0.39, 0.29) is 34.6 Å². The molecule has 0 radical (unpaired) electrons. The van der Waals surface area contributed by atoms with Crippen LogP contribution in [0.25, 0.3) is 22.3 Å². The number of aliphatic hydroxyl groups is 6. The van der Waals surface area contributed by atoms with E-state index in [1.807, 2.05) is 0 Å². The van der Waals surface area contributed by atoms with Gasteiger partial charge in [-0.15, -0.1) is 0 Å². The minimum absolute atomic E-state index is 0.00316. The van der Waals surface area contributed by atoms with Gasteiger partial charge in [0.1, 0.15) is 71.7 Å². The predicted octanol–water partition coefficient (Wildman–Crippen LogP) is -1.15. The molecule has 13 nitrogen and oxygen atoms in total. The highest BCUT2D eigenvalue weighted by Crippen LogP contribution is 2.41. The first-order valence-electron chi connectivity index (χ1n) is 12.1. The number of fused-ring (bicyclic) bond motifs is 1. The van der Waals surface area contributed by atoms with Gasteiger partial charge >= 0.3 is 0 Å². The highest BCUT2D eigenvalue weighted by Gasteiger charge is 2.47. The van der Waals surface area contributed by atoms with Gasteiger partial charge in [0, 0.05) is 11.6 Å². The lowest BCUT2D eigenvalue weighted by molar-refractivity contribution is -0.291. The largest absolute Gasteiger partial charge is 0.508 e. The van der Waals surface area contributed by atoms with Gasteiger partial charge in [0.2, 0.25) is 0 Å². The smallest absolute Gasteiger partial charge is 0.193 e. The van der Waals surface area contributed by atoms with E-state index in [9.17, 15) is 45.6 Å². The number of aliphatic hydroxyl groups excluding tert-OH is 6. The number of hydrogen-bond acceptors (Lipinski definition) is 13. The molecule has 39 heavy (non-hydrogen) atoms. The van der Waals surface area contributed by atoms with Gasteiger partial charge in [0.05, 0.1) is 24.2 Å². The van der Waals surface area contributed by atoms with Crippen LogP contribution in [-0.2, 0) is 14.2 Å². The lowest BCUT2D eigenvalue weighted by atomic mass is 9.90. The zero-order valence-electron chi connectivity index (χ0n) is 20.3. The van der Waals surface area contributed by atoms with Crippen LogP contribution in [0.2, 0.25) is 0 Å². The first-order valence-corrected chi connectivity index (χ1v) is 12.1. The summed E-state index contributed by atoms with van der Waals surface area (Å²) in [4.78, 5) is 12.9. The molecule has 2 aromatic carbocycles. The molecule has 0 saturated carbocycles. The molecule has 210 valence electrons. The standard InChI is InChI=1S/C26H28O13/c27-11-3-1-10(2-4-11)16-7-14(29)12-5-6-13(28)18(24(12)38-16)25-22(34)21(33)20(32)17(39-25)9-37-26-23(35)19(31)15(30)8-36-26/h1-7,15,17,19-23,25-28,30-35H,8-9H2/t15-,17-,19+,20-,21+,22-,23-,25+,26+/m1/s1. The van der Waals surface area contributed by atoms with Gasteiger partial charge in [0.25, 0.3) is 0 Å². The molecular formula is C26H28O13. The fraction of sp³-hybridized carbons (Fsp3) is 0.423. The van der Waals surface area contributed by atoms with E-state index in [1.54, 1.807) is 0 Å². The second-order valence-electron chi connectivity index (χ2n) is 9.55. The molecule has 13 heteroatoms. The minimum atomic E-state index is -1.79. The lowest BCUT2D eigenvalue weighted by Gasteiger charge is -2.42. The van der Waals surface area contributed by atoms with Gasteiger partial charge in [-0.25, -0.2) is 0 Å². The Hall–Kier alpha value is -3.11. The van der Waals surface area contributed by atoms with Crippen molar-refractivity contribution in [2.45, 2.75) is 55.1 Å². The summed E-state index contributed by atoms with van der Waals surface area (Å²) in [5.74, 6) is -0.338. The quantitative estimate of drug-likeness (QED) is 0.189. The van der Waals surface area contributed by atoms with Gasteiger partial charge in [-0.1, -0.05) is 0 Å². The third kappa shape index (κ3) is 5.12. The summed E-state index contributed by atoms with van der Waals surface area (Å²) in [7, 11) is 0. The normalized spacial score (nSPS) is 33.3. The number of hydrogen-bond donors (Lipinski definition) is 8. The Balaban J connectivity index is 1.48. The second kappa shape index (κ2) is 10.8. The summed E-state index contributed by atoms with van der Waals surface area (Å²) in [6.07, 6.45) is -14.0. The van der Waals surface area contributed by atoms with Gasteiger partial charge in [-0.05, 0) is 36.4 Å². The van der Waals surface area contributed by atoms with Crippen LogP contribution in [0.1, 0.15) is 11.7 Å². The van der Waals surface area contributed by atoms with Crippen LogP contribution in [0, 0.1) is 0 Å². The fourth-order valence-electron chi connectivity index (χ4n) is 4.71. The van der Waals surface area contributed by atoms with E-state index in [1.165, 1.54) is 42.5 Å². The Morgan fingerprint density at radius 2 is 1.56 bits per heavy atom. The third-order valence-electron chi connectivity index (χ3n) is 6.94. The fourth-order valence-corrected chi connectivity index (χ4v) is 4.71. The van der Waals surface area contributed by atoms with Crippen molar-refractivity contribution in [3.8, 4) is 22.8 Å². The van der Waals surface area contributed by atoms with Gasteiger partial charge in [-0.3, -0.25) is 4.79 Å². The zero-order chi connectivity index (χ0) is 28.0. The molecule has 0 amide bonds. The minimum Gasteiger partial charge on any atom is -0.508 e. The maximum absolute atomic E-state index is 12.9. The SMILES string of the molecule is O=c1cc(-c2ccc(O)cc2)oc2c([C@@H]3O[C@H](CO[C@@H]4OC[C@@H](O)[C@H](O)[C@H]4O)[C@@H](O)[C@H](O)[C@H]3O)c(O)ccc12. The molecule has 2 saturated heterocycles. The number of phenols is 2. The molecule has 1 aromatic heterocycles. The maximum atomic E-state index is 12.9. The summed E-state index contributed by atoms with van der Waals surface area (Å²) >= 11 is 0. The van der Waals surface area contributed by atoms with Gasteiger partial charge in [0.15, 0.2) is 11.7 Å². The summed E-state index contributed by atoms with van der Waals surface area (Å²) in [6, 6.07) is 9.57. The third-order valence-corrected chi connectivity index (χ3v) is 6.94. The summed E-state index contributed by atoms with van der Waals surface area (Å²) in [6.45, 7) is -0.826. The Morgan fingerprint density at radius 3 is 2.28 bits per heavy atom. The molecule has 9 atom stereocenters. The number of aromatic hydroxyl groups is 2. The van der Waals surface area contributed by atoms with Crippen molar-refractivity contribution in [3.63, 3.8) is 0 Å². The highest BCUT2D eigenvalue weighted by atomic mass is 16.7. The topological polar surface area (TPSA) is 220 Å². The van der Waals surface area contributed by atoms with Crippen LogP contribution < -0.4 is 5.43 Å². The van der Waals surface area contributed by atoms with Crippen molar-refractivity contribution in [2.75, 3.05) is 13.2 Å². The van der Waals surface area contributed by atoms with Crippen molar-refractivity contribution in [1.29, 1.82) is 0 Å². The average Bonchev–Trinajstić information content (AvgIpc) is 2.91. The Labute approximate surface area is 220 Å². The van der Waals surface area contributed by atoms with Crippen LogP contribution in [0.5, 0.6) is 11.5 Å². The van der Waals surface area contributed by atoms with E-state index >= 15 is 0 Å². The van der Waals surface area contributed by atoms with Crippen LogP contribution >= 0.6 is 0 Å². The Bertz CT molecular complexity index is 1370. The first-order chi connectivity index (χ1) is 18.6. The number of ether oxygens (including phenoxy) is 3. The van der Waals surface area contributed by atoms with Crippen LogP contribution in [0.4, 0.5) is 0 Å². The van der Waals surface area contributed by atoms with Crippen molar-refractivity contribution >= 4 is 11.0 Å². The molecule has 0 spiro atoms. The van der Waals surface area contributed by atoms with Crippen molar-refractivity contribution in [2.24, 2.45) is 0 Å². The molecule has 0 aliphatic carbocycles. The second-order valence-corrected chi connectivity index (χ2v) is 9.55. The zero-order valence-corrected chi connectivity index (χ0v) is 20.3. The number of benzene rings is 2. The van der Waals surface area contributed by atoms with Crippen molar-refractivity contribution in [3.05, 3.63) is 58.3 Å². The van der Waals surface area contributed by atoms with Crippen molar-refractivity contribution in [1.82, 2.24) is 0 Å². The molecule has 3 heterocycles. The summed E-state index contributed by atoms with van der Waals surface area (Å²) in [5, 5.41) is 81.9. The molecule has 0 unspecified atom stereocenters. The Morgan fingerprint density at radius 1 is 0.846 bits per heavy atom. The van der Waals surface area contributed by atoms with E-state index in [2.05, 4.69) is 0 Å². The van der Waals surface area contributed by atoms with Crippen LogP contribution in [0.15, 0.2) is 51.7 Å². The molecule has 2 aliphatic rings. The predicted molar refractivity (Wildman–Crippen MR) is 131 cm³/mol. The highest BCUT2D eigenvalue weighted by molar-refractivity contribution is 5.84. The molecule has 0 bridgehead atoms. The molecular weight excluding hydrogens is 520 g/mol. The van der Waals surface area contributed by atoms with E-state index in [0.717, 1.165) is 0 Å². The van der Waals surface area contributed by atoms with E-state index in [0.29, 0.717) is 5.56 Å². The van der Waals surface area contributed by atoms with E-state index in [4.69, 9.17) is 18.6 Å². The van der Waals surface area contributed by atoms with E-state index < -0.39 is 72.9 Å². The maximum Gasteiger partial charge on any atom is 0.193 e. The van der Waals surface area contributed by atoms with Crippen LogP contribution in [0.3, 0.4) is 0 Å². The van der Waals surface area contributed by atoms with Gasteiger partial charge < -0.3 is 59.5 Å². The lowest BCUT2D eigenvalue weighted by Crippen LogP contribution is -2.57. The summed E-state index contributed by atoms with van der Waals surface area (Å²) in [5.41, 5.74) is -0.344. The summed E-state index contributed by atoms with van der Waals surface area (Å²) < 4.78 is 22.4. The molecule has 8 N–H and O–H groups in total. The molecule has 2 fully saturated rings.